The Kier molecular flexibility index (Phi) is 4.40. The Balaban J connectivity index is 2.71. The molecule has 0 aromatic carbocycles. The summed E-state index contributed by atoms with van der Waals surface area (Å²) in [5, 5.41) is 8.41. The first kappa shape index (κ1) is 12.9. The molecule has 17 heavy (non-hydrogen) atoms. The Bertz CT molecular complexity index is 501. The summed E-state index contributed by atoms with van der Waals surface area (Å²) in [6.07, 6.45) is 3.33. The van der Waals surface area contributed by atoms with Crippen LogP contribution < -0.4 is 5.69 Å². The molecule has 1 amide bonds. The Morgan fingerprint density at radius 1 is 1.65 bits per heavy atom. The Hall–Kier alpha value is -2.16. The third-order valence-corrected chi connectivity index (χ3v) is 2.27. The highest BCUT2D eigenvalue weighted by Gasteiger charge is 2.10. The molecule has 90 valence electrons. The lowest BCUT2D eigenvalue weighted by Crippen LogP contribution is -2.35. The van der Waals surface area contributed by atoms with E-state index in [1.165, 1.54) is 15.7 Å². The van der Waals surface area contributed by atoms with Crippen molar-refractivity contribution in [2.24, 2.45) is 0 Å². The SMILES string of the molecule is Cc1cnc(=O)n(CC(=O)N(C)CCC#N)c1. The summed E-state index contributed by atoms with van der Waals surface area (Å²) in [4.78, 5) is 28.1. The van der Waals surface area contributed by atoms with E-state index in [-0.39, 0.29) is 18.9 Å². The van der Waals surface area contributed by atoms with Gasteiger partial charge in [0.05, 0.1) is 12.5 Å². The molecule has 0 saturated heterocycles. The van der Waals surface area contributed by atoms with E-state index in [1.807, 2.05) is 6.07 Å². The summed E-state index contributed by atoms with van der Waals surface area (Å²) in [5.41, 5.74) is 0.370. The van der Waals surface area contributed by atoms with Gasteiger partial charge in [-0.25, -0.2) is 9.78 Å². The van der Waals surface area contributed by atoms with Crippen LogP contribution in [0.3, 0.4) is 0 Å². The topological polar surface area (TPSA) is 79.0 Å². The van der Waals surface area contributed by atoms with Crippen LogP contribution >= 0.6 is 0 Å². The molecule has 1 aromatic heterocycles. The second-order valence-electron chi connectivity index (χ2n) is 3.77. The fourth-order valence-corrected chi connectivity index (χ4v) is 1.29. The number of nitrogens with zero attached hydrogens (tertiary/aromatic N) is 4. The van der Waals surface area contributed by atoms with Gasteiger partial charge in [0.15, 0.2) is 0 Å². The summed E-state index contributed by atoms with van der Waals surface area (Å²) < 4.78 is 1.26. The van der Waals surface area contributed by atoms with Crippen molar-refractivity contribution in [3.05, 3.63) is 28.4 Å². The molecular formula is C11H14N4O2. The van der Waals surface area contributed by atoms with E-state index in [4.69, 9.17) is 5.26 Å². The van der Waals surface area contributed by atoms with Gasteiger partial charge in [-0.3, -0.25) is 9.36 Å². The predicted octanol–water partition coefficient (Wildman–Crippen LogP) is -0.0762. The van der Waals surface area contributed by atoms with Crippen molar-refractivity contribution in [1.29, 1.82) is 5.26 Å². The van der Waals surface area contributed by atoms with Crippen LogP contribution in [0.5, 0.6) is 0 Å². The largest absolute Gasteiger partial charge is 0.347 e. The number of hydrogen-bond acceptors (Lipinski definition) is 4. The second-order valence-corrected chi connectivity index (χ2v) is 3.77. The van der Waals surface area contributed by atoms with E-state index in [9.17, 15) is 9.59 Å². The van der Waals surface area contributed by atoms with Gasteiger partial charge < -0.3 is 4.90 Å². The molecule has 0 saturated carbocycles. The molecule has 0 N–H and O–H groups in total. The van der Waals surface area contributed by atoms with Crippen LogP contribution in [0.2, 0.25) is 0 Å². The molecule has 0 unspecified atom stereocenters. The van der Waals surface area contributed by atoms with Crippen molar-refractivity contribution in [2.75, 3.05) is 13.6 Å². The standard InChI is InChI=1S/C11H14N4O2/c1-9-6-13-11(17)15(7-9)8-10(16)14(2)5-3-4-12/h6-7H,3,5,8H2,1-2H3. The zero-order valence-corrected chi connectivity index (χ0v) is 9.88. The molecule has 0 aliphatic carbocycles. The first-order valence-corrected chi connectivity index (χ1v) is 5.18. The molecule has 6 nitrogen and oxygen atoms in total. The molecule has 1 heterocycles. The maximum Gasteiger partial charge on any atom is 0.347 e. The molecule has 0 aliphatic heterocycles. The van der Waals surface area contributed by atoms with Crippen molar-refractivity contribution >= 4 is 5.91 Å². The molecular weight excluding hydrogens is 220 g/mol. The van der Waals surface area contributed by atoms with Crippen molar-refractivity contribution < 1.29 is 4.79 Å². The normalized spacial score (nSPS) is 9.71. The van der Waals surface area contributed by atoms with Crippen LogP contribution in [0.25, 0.3) is 0 Å². The maximum atomic E-state index is 11.7. The summed E-state index contributed by atoms with van der Waals surface area (Å²) in [6, 6.07) is 1.96. The molecule has 0 bridgehead atoms. The Morgan fingerprint density at radius 3 is 3.00 bits per heavy atom. The lowest BCUT2D eigenvalue weighted by Gasteiger charge is -2.15. The van der Waals surface area contributed by atoms with Gasteiger partial charge in [0.25, 0.3) is 0 Å². The number of carbonyl (C=O) groups is 1. The van der Waals surface area contributed by atoms with E-state index in [1.54, 1.807) is 20.2 Å². The molecule has 1 aromatic rings. The molecule has 0 spiro atoms. The van der Waals surface area contributed by atoms with E-state index in [0.29, 0.717) is 6.54 Å². The minimum atomic E-state index is -0.447. The number of hydrogen-bond donors (Lipinski definition) is 0. The smallest absolute Gasteiger partial charge is 0.343 e. The molecule has 6 heteroatoms. The molecule has 0 radical (unpaired) electrons. The fourth-order valence-electron chi connectivity index (χ4n) is 1.29. The van der Waals surface area contributed by atoms with Crippen molar-refractivity contribution in [1.82, 2.24) is 14.5 Å². The molecule has 0 aliphatic rings. The number of carbonyl (C=O) groups excluding carboxylic acids is 1. The van der Waals surface area contributed by atoms with Crippen LogP contribution in [0.1, 0.15) is 12.0 Å². The zero-order chi connectivity index (χ0) is 12.8. The van der Waals surface area contributed by atoms with Gasteiger partial charge in [-0.15, -0.1) is 0 Å². The zero-order valence-electron chi connectivity index (χ0n) is 9.88. The van der Waals surface area contributed by atoms with Crippen LogP contribution in [0, 0.1) is 18.3 Å². The number of nitriles is 1. The van der Waals surface area contributed by atoms with Gasteiger partial charge in [-0.2, -0.15) is 5.26 Å². The van der Waals surface area contributed by atoms with Gasteiger partial charge in [0.2, 0.25) is 5.91 Å². The van der Waals surface area contributed by atoms with Gasteiger partial charge in [0, 0.05) is 26.0 Å². The van der Waals surface area contributed by atoms with Crippen LogP contribution in [-0.2, 0) is 11.3 Å². The van der Waals surface area contributed by atoms with E-state index in [2.05, 4.69) is 4.98 Å². The fraction of sp³-hybridized carbons (Fsp3) is 0.455. The minimum absolute atomic E-state index is 0.0462. The third kappa shape index (κ3) is 3.72. The lowest BCUT2D eigenvalue weighted by molar-refractivity contribution is -0.130. The summed E-state index contributed by atoms with van der Waals surface area (Å²) in [5.74, 6) is -0.213. The molecule has 1 rings (SSSR count). The lowest BCUT2D eigenvalue weighted by atomic mass is 10.4. The Morgan fingerprint density at radius 2 is 2.35 bits per heavy atom. The minimum Gasteiger partial charge on any atom is -0.343 e. The van der Waals surface area contributed by atoms with Gasteiger partial charge >= 0.3 is 5.69 Å². The highest BCUT2D eigenvalue weighted by atomic mass is 16.2. The number of likely N-dealkylation sites (N-methyl/N-ethyl adjacent to an activating group) is 1. The number of rotatable bonds is 4. The van der Waals surface area contributed by atoms with Crippen LogP contribution in [-0.4, -0.2) is 34.0 Å². The molecule has 0 atom stereocenters. The summed E-state index contributed by atoms with van der Waals surface area (Å²) >= 11 is 0. The highest BCUT2D eigenvalue weighted by Crippen LogP contribution is 1.93. The quantitative estimate of drug-likeness (QED) is 0.730. The number of aryl methyl sites for hydroxylation is 1. The number of amides is 1. The average molecular weight is 234 g/mol. The Labute approximate surface area is 99.1 Å². The molecule has 0 fully saturated rings. The van der Waals surface area contributed by atoms with Crippen LogP contribution in [0.15, 0.2) is 17.2 Å². The summed E-state index contributed by atoms with van der Waals surface area (Å²) in [6.45, 7) is 2.12. The third-order valence-electron chi connectivity index (χ3n) is 2.27. The van der Waals surface area contributed by atoms with E-state index >= 15 is 0 Å². The van der Waals surface area contributed by atoms with Crippen LogP contribution in [0.4, 0.5) is 0 Å². The first-order valence-electron chi connectivity index (χ1n) is 5.18. The first-order chi connectivity index (χ1) is 8.04. The summed E-state index contributed by atoms with van der Waals surface area (Å²) in [7, 11) is 1.61. The van der Waals surface area contributed by atoms with E-state index in [0.717, 1.165) is 5.56 Å². The maximum absolute atomic E-state index is 11.7. The van der Waals surface area contributed by atoms with Crippen molar-refractivity contribution in [3.63, 3.8) is 0 Å². The van der Waals surface area contributed by atoms with Crippen molar-refractivity contribution in [3.8, 4) is 6.07 Å². The predicted molar refractivity (Wildman–Crippen MR) is 61.1 cm³/mol. The van der Waals surface area contributed by atoms with Gasteiger partial charge in [-0.1, -0.05) is 0 Å². The van der Waals surface area contributed by atoms with Crippen molar-refractivity contribution in [2.45, 2.75) is 19.9 Å². The average Bonchev–Trinajstić information content (AvgIpc) is 2.30. The second kappa shape index (κ2) is 5.80. The van der Waals surface area contributed by atoms with Gasteiger partial charge in [0.1, 0.15) is 6.54 Å². The van der Waals surface area contributed by atoms with Gasteiger partial charge in [-0.05, 0) is 12.5 Å². The van der Waals surface area contributed by atoms with E-state index < -0.39 is 5.69 Å². The highest BCUT2D eigenvalue weighted by molar-refractivity contribution is 5.75. The monoisotopic (exact) mass is 234 g/mol. The number of aromatic nitrogens is 2.